The van der Waals surface area contributed by atoms with Gasteiger partial charge in [0, 0.05) is 10.7 Å². The van der Waals surface area contributed by atoms with Crippen molar-refractivity contribution in [1.82, 2.24) is 15.0 Å². The van der Waals surface area contributed by atoms with Gasteiger partial charge >= 0.3 is 6.09 Å². The number of aromatic nitrogens is 3. The van der Waals surface area contributed by atoms with Crippen LogP contribution in [0.25, 0.3) is 0 Å². The minimum Gasteiger partial charge on any atom is -0.453 e. The predicted octanol–water partition coefficient (Wildman–Crippen LogP) is 1.75. The largest absolute Gasteiger partial charge is 0.453 e. The Hall–Kier alpha value is -2.61. The van der Waals surface area contributed by atoms with E-state index in [0.717, 1.165) is 4.80 Å². The topological polar surface area (TPSA) is 98.1 Å². The van der Waals surface area contributed by atoms with Crippen molar-refractivity contribution in [2.45, 2.75) is 6.54 Å². The number of hydrogen-bond acceptors (Lipinski definition) is 5. The lowest BCUT2D eigenvalue weighted by atomic mass is 10.3. The van der Waals surface area contributed by atoms with Gasteiger partial charge in [-0.3, -0.25) is 10.1 Å². The molecule has 0 aliphatic carbocycles. The molecular formula is C12H12ClN5O3. The molecule has 2 rings (SSSR count). The van der Waals surface area contributed by atoms with E-state index in [2.05, 4.69) is 25.6 Å². The molecule has 1 aromatic carbocycles. The molecule has 2 N–H and O–H groups in total. The molecular weight excluding hydrogens is 298 g/mol. The highest BCUT2D eigenvalue weighted by molar-refractivity contribution is 6.30. The molecule has 0 radical (unpaired) electrons. The molecule has 2 aromatic rings. The van der Waals surface area contributed by atoms with Crippen LogP contribution < -0.4 is 10.6 Å². The fraction of sp³-hybridized carbons (Fsp3) is 0.167. The van der Waals surface area contributed by atoms with E-state index in [1.807, 2.05) is 0 Å². The van der Waals surface area contributed by atoms with Crippen molar-refractivity contribution in [3.05, 3.63) is 35.5 Å². The number of benzene rings is 1. The van der Waals surface area contributed by atoms with E-state index in [9.17, 15) is 9.59 Å². The first-order valence-electron chi connectivity index (χ1n) is 5.87. The number of carbonyl (C=O) groups is 2. The summed E-state index contributed by atoms with van der Waals surface area (Å²) in [6.45, 7) is -0.0918. The Bertz CT molecular complexity index is 641. The third kappa shape index (κ3) is 4.46. The molecule has 0 unspecified atom stereocenters. The fourth-order valence-electron chi connectivity index (χ4n) is 1.45. The normalized spacial score (nSPS) is 10.0. The summed E-state index contributed by atoms with van der Waals surface area (Å²) in [6, 6.07) is 6.70. The Balaban J connectivity index is 1.90. The van der Waals surface area contributed by atoms with Crippen LogP contribution in [0, 0.1) is 0 Å². The highest BCUT2D eigenvalue weighted by Gasteiger charge is 2.08. The molecule has 1 heterocycles. The first kappa shape index (κ1) is 14.8. The third-order valence-electron chi connectivity index (χ3n) is 2.37. The highest BCUT2D eigenvalue weighted by atomic mass is 35.5. The van der Waals surface area contributed by atoms with Crippen molar-refractivity contribution in [2.24, 2.45) is 0 Å². The number of hydrogen-bond donors (Lipinski definition) is 2. The van der Waals surface area contributed by atoms with Gasteiger partial charge in [0.2, 0.25) is 5.91 Å². The van der Waals surface area contributed by atoms with E-state index < -0.39 is 6.09 Å². The number of rotatable bonds is 4. The van der Waals surface area contributed by atoms with Crippen molar-refractivity contribution >= 4 is 35.1 Å². The van der Waals surface area contributed by atoms with Gasteiger partial charge in [-0.15, -0.1) is 5.10 Å². The highest BCUT2D eigenvalue weighted by Crippen LogP contribution is 2.13. The number of ether oxygens (including phenoxy) is 1. The average molecular weight is 310 g/mol. The Labute approximate surface area is 125 Å². The molecule has 0 atom stereocenters. The predicted molar refractivity (Wildman–Crippen MR) is 76.1 cm³/mol. The maximum atomic E-state index is 11.8. The summed E-state index contributed by atoms with van der Waals surface area (Å²) in [6.07, 6.45) is 0.652. The van der Waals surface area contributed by atoms with Gasteiger partial charge in [-0.2, -0.15) is 9.90 Å². The molecule has 0 aliphatic heterocycles. The number of methoxy groups -OCH3 is 1. The van der Waals surface area contributed by atoms with Crippen LogP contribution in [0.1, 0.15) is 0 Å². The van der Waals surface area contributed by atoms with Crippen LogP contribution in [0.15, 0.2) is 30.5 Å². The van der Waals surface area contributed by atoms with Crippen molar-refractivity contribution in [3.63, 3.8) is 0 Å². The maximum Gasteiger partial charge on any atom is 0.412 e. The lowest BCUT2D eigenvalue weighted by molar-refractivity contribution is -0.117. The molecule has 21 heavy (non-hydrogen) atoms. The quantitative estimate of drug-likeness (QED) is 0.896. The Kier molecular flexibility index (Phi) is 4.72. The standard InChI is InChI=1S/C12H12ClN5O3/c1-21-12(20)16-10-6-14-18(17-10)7-11(19)15-9-4-2-8(13)3-5-9/h2-6H,7H2,1H3,(H,15,19)(H,16,17,20). The molecule has 0 saturated heterocycles. The van der Waals surface area contributed by atoms with Gasteiger partial charge in [-0.1, -0.05) is 11.6 Å². The van der Waals surface area contributed by atoms with Crippen LogP contribution in [0.2, 0.25) is 5.02 Å². The molecule has 0 bridgehead atoms. The molecule has 1 aromatic heterocycles. The summed E-state index contributed by atoms with van der Waals surface area (Å²) in [7, 11) is 1.24. The zero-order valence-electron chi connectivity index (χ0n) is 11.0. The second-order valence-electron chi connectivity index (χ2n) is 3.93. The summed E-state index contributed by atoms with van der Waals surface area (Å²) in [5.41, 5.74) is 0.615. The smallest absolute Gasteiger partial charge is 0.412 e. The molecule has 9 heteroatoms. The fourth-order valence-corrected chi connectivity index (χ4v) is 1.57. The van der Waals surface area contributed by atoms with Crippen LogP contribution in [-0.2, 0) is 16.1 Å². The lowest BCUT2D eigenvalue weighted by Crippen LogP contribution is -2.20. The first-order chi connectivity index (χ1) is 10.1. The summed E-state index contributed by atoms with van der Waals surface area (Å²) >= 11 is 5.75. The average Bonchev–Trinajstić information content (AvgIpc) is 2.88. The first-order valence-corrected chi connectivity index (χ1v) is 6.25. The molecule has 0 saturated carbocycles. The number of halogens is 1. The molecule has 0 fully saturated rings. The molecule has 8 nitrogen and oxygen atoms in total. The second-order valence-corrected chi connectivity index (χ2v) is 4.37. The number of carbonyl (C=O) groups excluding carboxylic acids is 2. The van der Waals surface area contributed by atoms with Crippen LogP contribution in [-0.4, -0.2) is 34.1 Å². The number of nitrogens with zero attached hydrogens (tertiary/aromatic N) is 3. The summed E-state index contributed by atoms with van der Waals surface area (Å²) in [5.74, 6) is -0.112. The van der Waals surface area contributed by atoms with Crippen LogP contribution >= 0.6 is 11.6 Å². The van der Waals surface area contributed by atoms with E-state index in [0.29, 0.717) is 10.7 Å². The van der Waals surface area contributed by atoms with Gasteiger partial charge < -0.3 is 10.1 Å². The monoisotopic (exact) mass is 309 g/mol. The molecule has 0 spiro atoms. The Morgan fingerprint density at radius 1 is 1.29 bits per heavy atom. The third-order valence-corrected chi connectivity index (χ3v) is 2.62. The van der Waals surface area contributed by atoms with Crippen molar-refractivity contribution in [1.29, 1.82) is 0 Å². The van der Waals surface area contributed by atoms with E-state index in [4.69, 9.17) is 11.6 Å². The van der Waals surface area contributed by atoms with E-state index in [1.165, 1.54) is 13.3 Å². The van der Waals surface area contributed by atoms with Gasteiger partial charge in [0.1, 0.15) is 6.54 Å². The minimum atomic E-state index is -0.660. The molecule has 0 aliphatic rings. The zero-order chi connectivity index (χ0) is 15.2. The number of anilines is 2. The van der Waals surface area contributed by atoms with Crippen molar-refractivity contribution in [2.75, 3.05) is 17.7 Å². The SMILES string of the molecule is COC(=O)Nc1cnn(CC(=O)Nc2ccc(Cl)cc2)n1. The van der Waals surface area contributed by atoms with Gasteiger partial charge in [-0.25, -0.2) is 4.79 Å². The lowest BCUT2D eigenvalue weighted by Gasteiger charge is -2.04. The van der Waals surface area contributed by atoms with E-state index in [-0.39, 0.29) is 18.3 Å². The van der Waals surface area contributed by atoms with Crippen molar-refractivity contribution in [3.8, 4) is 0 Å². The van der Waals surface area contributed by atoms with Gasteiger partial charge in [0.15, 0.2) is 5.82 Å². The van der Waals surface area contributed by atoms with E-state index >= 15 is 0 Å². The van der Waals surface area contributed by atoms with Crippen LogP contribution in [0.3, 0.4) is 0 Å². The number of nitrogens with one attached hydrogen (secondary N) is 2. The summed E-state index contributed by atoms with van der Waals surface area (Å²) < 4.78 is 4.42. The molecule has 110 valence electrons. The number of amides is 2. The van der Waals surface area contributed by atoms with Crippen LogP contribution in [0.4, 0.5) is 16.3 Å². The van der Waals surface area contributed by atoms with Gasteiger partial charge in [-0.05, 0) is 24.3 Å². The Morgan fingerprint density at radius 2 is 2.00 bits per heavy atom. The molecule has 2 amide bonds. The van der Waals surface area contributed by atoms with Gasteiger partial charge in [0.05, 0.1) is 13.3 Å². The summed E-state index contributed by atoms with van der Waals surface area (Å²) in [4.78, 5) is 23.9. The van der Waals surface area contributed by atoms with Crippen LogP contribution in [0.5, 0.6) is 0 Å². The van der Waals surface area contributed by atoms with Gasteiger partial charge in [0.25, 0.3) is 0 Å². The van der Waals surface area contributed by atoms with Crippen molar-refractivity contribution < 1.29 is 14.3 Å². The maximum absolute atomic E-state index is 11.8. The minimum absolute atomic E-state index is 0.0918. The summed E-state index contributed by atoms with van der Waals surface area (Å²) in [5, 5.41) is 13.3. The van der Waals surface area contributed by atoms with E-state index in [1.54, 1.807) is 24.3 Å². The Morgan fingerprint density at radius 3 is 2.67 bits per heavy atom. The second kappa shape index (κ2) is 6.71. The zero-order valence-corrected chi connectivity index (χ0v) is 11.8.